The van der Waals surface area contributed by atoms with Crippen molar-refractivity contribution in [3.63, 3.8) is 0 Å². The molecule has 0 aliphatic carbocycles. The molecular weight excluding hydrogens is 426 g/mol. The fraction of sp³-hybridized carbons (Fsp3) is 0.222. The van der Waals surface area contributed by atoms with Crippen LogP contribution in [0.3, 0.4) is 0 Å². The lowest BCUT2D eigenvalue weighted by molar-refractivity contribution is -0.121. The van der Waals surface area contributed by atoms with E-state index < -0.39 is 0 Å². The van der Waals surface area contributed by atoms with E-state index in [0.29, 0.717) is 13.1 Å². The molecule has 1 aliphatic heterocycles. The number of benzene rings is 3. The van der Waals surface area contributed by atoms with E-state index in [1.807, 2.05) is 84.3 Å². The van der Waals surface area contributed by atoms with Crippen molar-refractivity contribution in [2.45, 2.75) is 19.8 Å². The fourth-order valence-electron chi connectivity index (χ4n) is 4.42. The van der Waals surface area contributed by atoms with Crippen molar-refractivity contribution < 1.29 is 9.59 Å². The molecule has 0 radical (unpaired) electrons. The van der Waals surface area contributed by atoms with Gasteiger partial charge < -0.3 is 15.5 Å². The van der Waals surface area contributed by atoms with Crippen molar-refractivity contribution in [1.29, 1.82) is 0 Å². The highest BCUT2D eigenvalue weighted by molar-refractivity contribution is 5.94. The van der Waals surface area contributed by atoms with Gasteiger partial charge in [-0.15, -0.1) is 0 Å². The molecule has 1 unspecified atom stereocenters. The van der Waals surface area contributed by atoms with Gasteiger partial charge in [0.2, 0.25) is 5.91 Å². The Labute approximate surface area is 198 Å². The molecule has 3 aromatic carbocycles. The minimum absolute atomic E-state index is 0.0612. The Balaban J connectivity index is 1.21. The molecule has 3 amide bonds. The quantitative estimate of drug-likeness (QED) is 0.445. The second-order valence-corrected chi connectivity index (χ2v) is 8.72. The van der Waals surface area contributed by atoms with Gasteiger partial charge in [0.25, 0.3) is 0 Å². The van der Waals surface area contributed by atoms with Crippen LogP contribution in [0, 0.1) is 12.8 Å². The van der Waals surface area contributed by atoms with Crippen LogP contribution >= 0.6 is 0 Å². The van der Waals surface area contributed by atoms with Crippen LogP contribution in [0.1, 0.15) is 18.4 Å². The second kappa shape index (κ2) is 9.39. The van der Waals surface area contributed by atoms with Crippen molar-refractivity contribution in [3.05, 3.63) is 84.7 Å². The van der Waals surface area contributed by atoms with E-state index >= 15 is 0 Å². The number of amides is 3. The van der Waals surface area contributed by atoms with Crippen molar-refractivity contribution in [3.8, 4) is 5.69 Å². The number of carbonyl (C=O) groups excluding carboxylic acids is 2. The maximum Gasteiger partial charge on any atom is 0.321 e. The summed E-state index contributed by atoms with van der Waals surface area (Å²) in [5, 5.41) is 5.96. The number of likely N-dealkylation sites (tertiary alicyclic amines) is 1. The summed E-state index contributed by atoms with van der Waals surface area (Å²) in [6.45, 7) is 3.04. The molecule has 34 heavy (non-hydrogen) atoms. The second-order valence-electron chi connectivity index (χ2n) is 8.72. The molecule has 1 fully saturated rings. The Morgan fingerprint density at radius 3 is 2.59 bits per heavy atom. The number of rotatable bonds is 4. The molecule has 4 aromatic rings. The molecule has 0 bridgehead atoms. The van der Waals surface area contributed by atoms with E-state index in [2.05, 4.69) is 15.6 Å². The van der Waals surface area contributed by atoms with Gasteiger partial charge in [0, 0.05) is 30.2 Å². The number of imidazole rings is 1. The van der Waals surface area contributed by atoms with Gasteiger partial charge in [-0.05, 0) is 73.9 Å². The first-order valence-electron chi connectivity index (χ1n) is 11.5. The lowest BCUT2D eigenvalue weighted by atomic mass is 9.97. The highest BCUT2D eigenvalue weighted by atomic mass is 16.2. The molecule has 2 N–H and O–H groups in total. The van der Waals surface area contributed by atoms with Gasteiger partial charge in [0.1, 0.15) is 6.33 Å². The highest BCUT2D eigenvalue weighted by Crippen LogP contribution is 2.22. The number of para-hydroxylation sites is 2. The van der Waals surface area contributed by atoms with Crippen LogP contribution in [-0.2, 0) is 4.79 Å². The summed E-state index contributed by atoms with van der Waals surface area (Å²) in [6, 6.07) is 23.2. The maximum absolute atomic E-state index is 12.9. The van der Waals surface area contributed by atoms with Gasteiger partial charge in [-0.2, -0.15) is 0 Å². The van der Waals surface area contributed by atoms with Crippen molar-refractivity contribution in [1.82, 2.24) is 14.5 Å². The average molecular weight is 454 g/mol. The van der Waals surface area contributed by atoms with Crippen molar-refractivity contribution in [2.24, 2.45) is 5.92 Å². The van der Waals surface area contributed by atoms with E-state index in [1.165, 1.54) is 0 Å². The minimum Gasteiger partial charge on any atom is -0.326 e. The Morgan fingerprint density at radius 1 is 0.941 bits per heavy atom. The number of fused-ring (bicyclic) bond motifs is 1. The normalized spacial score (nSPS) is 15.8. The van der Waals surface area contributed by atoms with Gasteiger partial charge >= 0.3 is 6.03 Å². The molecule has 5 rings (SSSR count). The number of piperidine rings is 1. The zero-order chi connectivity index (χ0) is 23.5. The average Bonchev–Trinajstić information content (AvgIpc) is 3.29. The van der Waals surface area contributed by atoms with Gasteiger partial charge in [-0.25, -0.2) is 9.78 Å². The first-order chi connectivity index (χ1) is 16.6. The summed E-state index contributed by atoms with van der Waals surface area (Å²) < 4.78 is 2.02. The number of aromatic nitrogens is 2. The van der Waals surface area contributed by atoms with E-state index in [9.17, 15) is 9.59 Å². The van der Waals surface area contributed by atoms with Gasteiger partial charge in [0.15, 0.2) is 0 Å². The smallest absolute Gasteiger partial charge is 0.321 e. The molecule has 7 nitrogen and oxygen atoms in total. The fourth-order valence-corrected chi connectivity index (χ4v) is 4.42. The molecular formula is C27H27N5O2. The SMILES string of the molecule is Cc1cccc(NC(=O)N2CCCC(C(=O)Nc3ccc(-n4cnc5ccccc54)cc3)C2)c1. The van der Waals surface area contributed by atoms with Crippen LogP contribution in [0.25, 0.3) is 16.7 Å². The molecule has 172 valence electrons. The summed E-state index contributed by atoms with van der Waals surface area (Å²) >= 11 is 0. The number of hydrogen-bond donors (Lipinski definition) is 2. The predicted octanol–water partition coefficient (Wildman–Crippen LogP) is 5.22. The van der Waals surface area contributed by atoms with Crippen molar-refractivity contribution in [2.75, 3.05) is 23.7 Å². The van der Waals surface area contributed by atoms with Gasteiger partial charge in [-0.3, -0.25) is 9.36 Å². The van der Waals surface area contributed by atoms with E-state index in [-0.39, 0.29) is 17.9 Å². The Kier molecular flexibility index (Phi) is 5.99. The molecule has 1 saturated heterocycles. The Bertz CT molecular complexity index is 1330. The lowest BCUT2D eigenvalue weighted by Gasteiger charge is -2.32. The first kappa shape index (κ1) is 21.7. The summed E-state index contributed by atoms with van der Waals surface area (Å²) in [6.07, 6.45) is 3.36. The minimum atomic E-state index is -0.241. The summed E-state index contributed by atoms with van der Waals surface area (Å²) in [4.78, 5) is 31.8. The molecule has 1 aliphatic rings. The molecule has 1 atom stereocenters. The Hall–Kier alpha value is -4.13. The molecule has 0 spiro atoms. The Morgan fingerprint density at radius 2 is 1.76 bits per heavy atom. The van der Waals surface area contributed by atoms with Crippen molar-refractivity contribution >= 4 is 34.3 Å². The molecule has 1 aromatic heterocycles. The monoisotopic (exact) mass is 453 g/mol. The largest absolute Gasteiger partial charge is 0.326 e. The highest BCUT2D eigenvalue weighted by Gasteiger charge is 2.28. The first-order valence-corrected chi connectivity index (χ1v) is 11.5. The van der Waals surface area contributed by atoms with Crippen LogP contribution in [-0.4, -0.2) is 39.5 Å². The van der Waals surface area contributed by atoms with Gasteiger partial charge in [0.05, 0.1) is 17.0 Å². The lowest BCUT2D eigenvalue weighted by Crippen LogP contribution is -2.45. The molecule has 2 heterocycles. The third-order valence-corrected chi connectivity index (χ3v) is 6.22. The standard InChI is InChI=1S/C27H27N5O2/c1-19-6-4-8-22(16-19)30-27(34)31-15-5-7-20(17-31)26(33)29-21-11-13-23(14-12-21)32-18-28-24-9-2-3-10-25(24)32/h2-4,6,8-14,16,18,20H,5,7,15,17H2,1H3,(H,29,33)(H,30,34). The number of anilines is 2. The van der Waals surface area contributed by atoms with E-state index in [0.717, 1.165) is 46.5 Å². The topological polar surface area (TPSA) is 79.3 Å². The van der Waals surface area contributed by atoms with Crippen LogP contribution in [0.15, 0.2) is 79.1 Å². The summed E-state index contributed by atoms with van der Waals surface area (Å²) in [5.74, 6) is -0.303. The third-order valence-electron chi connectivity index (χ3n) is 6.22. The summed E-state index contributed by atoms with van der Waals surface area (Å²) in [7, 11) is 0. The van der Waals surface area contributed by atoms with E-state index in [1.54, 1.807) is 11.2 Å². The van der Waals surface area contributed by atoms with Crippen LogP contribution < -0.4 is 10.6 Å². The number of aryl methyl sites for hydroxylation is 1. The zero-order valence-corrected chi connectivity index (χ0v) is 19.1. The number of carbonyl (C=O) groups is 2. The third kappa shape index (κ3) is 4.64. The van der Waals surface area contributed by atoms with Gasteiger partial charge in [-0.1, -0.05) is 24.3 Å². The van der Waals surface area contributed by atoms with Crippen LogP contribution in [0.2, 0.25) is 0 Å². The number of hydrogen-bond acceptors (Lipinski definition) is 3. The molecule has 7 heteroatoms. The van der Waals surface area contributed by atoms with Crippen LogP contribution in [0.4, 0.5) is 16.2 Å². The maximum atomic E-state index is 12.9. The number of nitrogens with zero attached hydrogens (tertiary/aromatic N) is 3. The van der Waals surface area contributed by atoms with E-state index in [4.69, 9.17) is 0 Å². The summed E-state index contributed by atoms with van der Waals surface area (Å²) in [5.41, 5.74) is 5.53. The number of urea groups is 1. The zero-order valence-electron chi connectivity index (χ0n) is 19.1. The predicted molar refractivity (Wildman–Crippen MR) is 134 cm³/mol. The van der Waals surface area contributed by atoms with Crippen LogP contribution in [0.5, 0.6) is 0 Å². The molecule has 0 saturated carbocycles. The number of nitrogens with one attached hydrogen (secondary N) is 2.